The molecule has 0 radical (unpaired) electrons. The largest absolute Gasteiger partial charge is 0.310 e. The van der Waals surface area contributed by atoms with E-state index in [-0.39, 0.29) is 5.41 Å². The lowest BCUT2D eigenvalue weighted by molar-refractivity contribution is 0.590. The Morgan fingerprint density at radius 2 is 1.62 bits per heavy atom. The number of aromatic nitrogens is 1. The van der Waals surface area contributed by atoms with E-state index >= 15 is 0 Å². The second-order valence-electron chi connectivity index (χ2n) is 6.30. The summed E-state index contributed by atoms with van der Waals surface area (Å²) in [6, 6.07) is 18.6. The Labute approximate surface area is 126 Å². The molecule has 0 aliphatic rings. The fraction of sp³-hybridized carbons (Fsp3) is 0.200. The molecule has 0 unspecified atom stereocenters. The van der Waals surface area contributed by atoms with Crippen LogP contribution in [0.4, 0.5) is 0 Å². The summed E-state index contributed by atoms with van der Waals surface area (Å²) in [5.41, 5.74) is 4.73. The van der Waals surface area contributed by atoms with Crippen molar-refractivity contribution in [3.8, 4) is 11.8 Å². The van der Waals surface area contributed by atoms with Gasteiger partial charge >= 0.3 is 0 Å². The van der Waals surface area contributed by atoms with Gasteiger partial charge in [-0.15, -0.1) is 0 Å². The molecule has 0 spiro atoms. The Kier molecular flexibility index (Phi) is 3.31. The summed E-state index contributed by atoms with van der Waals surface area (Å²) < 4.78 is 2.18. The second kappa shape index (κ2) is 5.14. The summed E-state index contributed by atoms with van der Waals surface area (Å²) in [6.07, 6.45) is 2.20. The Morgan fingerprint density at radius 3 is 2.33 bits per heavy atom. The molecular weight excluding hydrogens is 254 g/mol. The van der Waals surface area contributed by atoms with E-state index in [0.29, 0.717) is 0 Å². The van der Waals surface area contributed by atoms with Gasteiger partial charge in [0.05, 0.1) is 5.69 Å². The van der Waals surface area contributed by atoms with E-state index < -0.39 is 0 Å². The lowest BCUT2D eigenvalue weighted by Crippen LogP contribution is -2.09. The third kappa shape index (κ3) is 2.85. The van der Waals surface area contributed by atoms with E-state index in [1.807, 2.05) is 30.3 Å². The normalized spacial score (nSPS) is 11.2. The molecule has 3 aromatic rings. The SMILES string of the molecule is CC(C)(C)c1cc2cccc(C#Cc3ccccc3)n2c1. The molecule has 0 fully saturated rings. The number of benzene rings is 1. The first-order valence-electron chi connectivity index (χ1n) is 7.23. The van der Waals surface area contributed by atoms with Gasteiger partial charge in [0.2, 0.25) is 0 Å². The van der Waals surface area contributed by atoms with Gasteiger partial charge in [-0.2, -0.15) is 0 Å². The second-order valence-corrected chi connectivity index (χ2v) is 6.30. The van der Waals surface area contributed by atoms with E-state index in [2.05, 4.69) is 67.5 Å². The van der Waals surface area contributed by atoms with Crippen LogP contribution in [-0.4, -0.2) is 4.40 Å². The topological polar surface area (TPSA) is 4.41 Å². The molecule has 0 saturated heterocycles. The van der Waals surface area contributed by atoms with Gasteiger partial charge in [0.1, 0.15) is 0 Å². The minimum absolute atomic E-state index is 0.149. The van der Waals surface area contributed by atoms with Gasteiger partial charge in [0.25, 0.3) is 0 Å². The standard InChI is InChI=1S/C20H19N/c1-20(2,3)17-14-19-11-7-10-18(21(19)15-17)13-12-16-8-5-4-6-9-16/h4-11,14-15H,1-3H3. The van der Waals surface area contributed by atoms with Crippen LogP contribution in [0.15, 0.2) is 60.8 Å². The number of hydrogen-bond acceptors (Lipinski definition) is 0. The van der Waals surface area contributed by atoms with Gasteiger partial charge in [-0.05, 0) is 47.2 Å². The molecule has 0 atom stereocenters. The van der Waals surface area contributed by atoms with Gasteiger partial charge < -0.3 is 4.40 Å². The Bertz CT molecular complexity index is 821. The first-order valence-corrected chi connectivity index (χ1v) is 7.23. The molecule has 0 bridgehead atoms. The monoisotopic (exact) mass is 273 g/mol. The lowest BCUT2D eigenvalue weighted by Gasteiger charge is -2.15. The molecule has 0 aliphatic heterocycles. The maximum Gasteiger partial charge on any atom is 0.0968 e. The molecule has 104 valence electrons. The van der Waals surface area contributed by atoms with E-state index in [9.17, 15) is 0 Å². The lowest BCUT2D eigenvalue weighted by atomic mass is 9.89. The quantitative estimate of drug-likeness (QED) is 0.526. The fourth-order valence-corrected chi connectivity index (χ4v) is 2.30. The molecule has 1 aromatic carbocycles. The highest BCUT2D eigenvalue weighted by Gasteiger charge is 2.15. The number of hydrogen-bond donors (Lipinski definition) is 0. The molecule has 3 rings (SSSR count). The fourth-order valence-electron chi connectivity index (χ4n) is 2.30. The van der Waals surface area contributed by atoms with Gasteiger partial charge in [-0.25, -0.2) is 0 Å². The maximum atomic E-state index is 3.28. The molecule has 0 amide bonds. The Balaban J connectivity index is 2.08. The summed E-state index contributed by atoms with van der Waals surface area (Å²) in [4.78, 5) is 0. The molecule has 0 saturated carbocycles. The van der Waals surface area contributed by atoms with Crippen LogP contribution in [0, 0.1) is 11.8 Å². The zero-order chi connectivity index (χ0) is 14.9. The summed E-state index contributed by atoms with van der Waals surface area (Å²) >= 11 is 0. The first-order chi connectivity index (χ1) is 10.0. The molecule has 0 N–H and O–H groups in total. The highest BCUT2D eigenvalue weighted by Crippen LogP contribution is 2.25. The van der Waals surface area contributed by atoms with Crippen molar-refractivity contribution < 1.29 is 0 Å². The third-order valence-electron chi connectivity index (χ3n) is 3.61. The van der Waals surface area contributed by atoms with Gasteiger partial charge in [-0.3, -0.25) is 0 Å². The van der Waals surface area contributed by atoms with Gasteiger partial charge in [-0.1, -0.05) is 51.0 Å². The van der Waals surface area contributed by atoms with Crippen LogP contribution in [0.3, 0.4) is 0 Å². The molecule has 21 heavy (non-hydrogen) atoms. The number of rotatable bonds is 0. The van der Waals surface area contributed by atoms with Crippen LogP contribution < -0.4 is 0 Å². The summed E-state index contributed by atoms with van der Waals surface area (Å²) in [5.74, 6) is 6.51. The third-order valence-corrected chi connectivity index (χ3v) is 3.61. The molecule has 2 heterocycles. The molecule has 1 heteroatoms. The smallest absolute Gasteiger partial charge is 0.0968 e. The average molecular weight is 273 g/mol. The average Bonchev–Trinajstić information content (AvgIpc) is 2.91. The number of fused-ring (bicyclic) bond motifs is 1. The van der Waals surface area contributed by atoms with Gasteiger partial charge in [0.15, 0.2) is 0 Å². The predicted molar refractivity (Wildman–Crippen MR) is 88.5 cm³/mol. The van der Waals surface area contributed by atoms with E-state index in [1.165, 1.54) is 11.1 Å². The molecular formula is C20H19N. The van der Waals surface area contributed by atoms with Crippen molar-refractivity contribution in [2.45, 2.75) is 26.2 Å². The van der Waals surface area contributed by atoms with Crippen molar-refractivity contribution in [3.63, 3.8) is 0 Å². The minimum Gasteiger partial charge on any atom is -0.310 e. The van der Waals surface area contributed by atoms with Crippen LogP contribution in [0.2, 0.25) is 0 Å². The Morgan fingerprint density at radius 1 is 0.857 bits per heavy atom. The molecule has 0 aliphatic carbocycles. The van der Waals surface area contributed by atoms with Crippen molar-refractivity contribution >= 4 is 5.52 Å². The summed E-state index contributed by atoms with van der Waals surface area (Å²) in [6.45, 7) is 6.70. The van der Waals surface area contributed by atoms with Crippen LogP contribution in [0.5, 0.6) is 0 Å². The van der Waals surface area contributed by atoms with Gasteiger partial charge in [0, 0.05) is 17.3 Å². The van der Waals surface area contributed by atoms with Crippen LogP contribution in [-0.2, 0) is 5.41 Å². The van der Waals surface area contributed by atoms with Crippen molar-refractivity contribution in [2.75, 3.05) is 0 Å². The van der Waals surface area contributed by atoms with Crippen LogP contribution in [0.1, 0.15) is 37.6 Å². The molecule has 2 aromatic heterocycles. The Hall–Kier alpha value is -2.46. The zero-order valence-electron chi connectivity index (χ0n) is 12.7. The predicted octanol–water partition coefficient (Wildman–Crippen LogP) is 4.64. The number of nitrogens with zero attached hydrogens (tertiary/aromatic N) is 1. The number of pyridine rings is 1. The van der Waals surface area contributed by atoms with Crippen LogP contribution >= 0.6 is 0 Å². The first kappa shape index (κ1) is 13.5. The van der Waals surface area contributed by atoms with Crippen molar-refractivity contribution in [2.24, 2.45) is 0 Å². The van der Waals surface area contributed by atoms with Crippen molar-refractivity contribution in [1.29, 1.82) is 0 Å². The van der Waals surface area contributed by atoms with Crippen molar-refractivity contribution in [1.82, 2.24) is 4.40 Å². The van der Waals surface area contributed by atoms with E-state index in [1.54, 1.807) is 0 Å². The van der Waals surface area contributed by atoms with Crippen LogP contribution in [0.25, 0.3) is 5.52 Å². The van der Waals surface area contributed by atoms with E-state index in [0.717, 1.165) is 11.3 Å². The zero-order valence-corrected chi connectivity index (χ0v) is 12.7. The maximum absolute atomic E-state index is 3.28. The molecule has 1 nitrogen and oxygen atoms in total. The summed E-state index contributed by atoms with van der Waals surface area (Å²) in [7, 11) is 0. The van der Waals surface area contributed by atoms with Crippen molar-refractivity contribution in [3.05, 3.63) is 77.6 Å². The highest BCUT2D eigenvalue weighted by molar-refractivity contribution is 5.55. The van der Waals surface area contributed by atoms with E-state index in [4.69, 9.17) is 0 Å². The minimum atomic E-state index is 0.149. The summed E-state index contributed by atoms with van der Waals surface area (Å²) in [5, 5.41) is 0. The highest BCUT2D eigenvalue weighted by atomic mass is 14.9.